The quantitative estimate of drug-likeness (QED) is 0.637. The highest BCUT2D eigenvalue weighted by Crippen LogP contribution is 2.33. The van der Waals surface area contributed by atoms with Gasteiger partial charge in [-0.15, -0.1) is 0 Å². The van der Waals surface area contributed by atoms with Crippen LogP contribution in [-0.4, -0.2) is 82.7 Å². The highest BCUT2D eigenvalue weighted by molar-refractivity contribution is 7.91. The topological polar surface area (TPSA) is 95.1 Å². The first-order valence-corrected chi connectivity index (χ1v) is 14.8. The number of benzene rings is 1. The molecular formula is C22H33N3O5S2. The molecule has 1 amide bonds. The van der Waals surface area contributed by atoms with Crippen molar-refractivity contribution in [2.75, 3.05) is 49.6 Å². The molecule has 3 aliphatic rings. The summed E-state index contributed by atoms with van der Waals surface area (Å²) in [4.78, 5) is 17.0. The predicted octanol–water partition coefficient (Wildman–Crippen LogP) is 2.11. The molecule has 0 radical (unpaired) electrons. The second-order valence-corrected chi connectivity index (χ2v) is 13.3. The third-order valence-electron chi connectivity index (χ3n) is 6.91. The molecule has 0 aromatic heterocycles. The van der Waals surface area contributed by atoms with E-state index in [9.17, 15) is 21.6 Å². The highest BCUT2D eigenvalue weighted by Gasteiger charge is 2.35. The van der Waals surface area contributed by atoms with Gasteiger partial charge in [-0.3, -0.25) is 4.79 Å². The van der Waals surface area contributed by atoms with Gasteiger partial charge in [0.05, 0.1) is 17.2 Å². The third kappa shape index (κ3) is 4.82. The van der Waals surface area contributed by atoms with Crippen LogP contribution in [0.3, 0.4) is 0 Å². The number of piperidine rings is 2. The molecule has 3 saturated heterocycles. The average molecular weight is 484 g/mol. The maximum atomic E-state index is 13.6. The Hall–Kier alpha value is -1.65. The lowest BCUT2D eigenvalue weighted by molar-refractivity contribution is 0.0747. The Morgan fingerprint density at radius 2 is 1.62 bits per heavy atom. The molecule has 4 rings (SSSR count). The molecule has 8 nitrogen and oxygen atoms in total. The summed E-state index contributed by atoms with van der Waals surface area (Å²) in [5.74, 6) is -0.301. The van der Waals surface area contributed by atoms with Gasteiger partial charge in [-0.1, -0.05) is 6.42 Å². The van der Waals surface area contributed by atoms with Crippen LogP contribution in [0.5, 0.6) is 0 Å². The predicted molar refractivity (Wildman–Crippen MR) is 124 cm³/mol. The first-order valence-electron chi connectivity index (χ1n) is 11.6. The minimum absolute atomic E-state index is 0.0416. The van der Waals surface area contributed by atoms with Gasteiger partial charge >= 0.3 is 0 Å². The summed E-state index contributed by atoms with van der Waals surface area (Å²) >= 11 is 0. The van der Waals surface area contributed by atoms with Crippen molar-refractivity contribution < 1.29 is 21.6 Å². The molecule has 1 aromatic carbocycles. The van der Waals surface area contributed by atoms with Crippen molar-refractivity contribution in [3.05, 3.63) is 23.8 Å². The molecule has 1 unspecified atom stereocenters. The summed E-state index contributed by atoms with van der Waals surface area (Å²) in [6.07, 6.45) is 6.29. The summed E-state index contributed by atoms with van der Waals surface area (Å²) in [5.41, 5.74) is 0.950. The Labute approximate surface area is 191 Å². The summed E-state index contributed by atoms with van der Waals surface area (Å²) in [7, 11) is -5.26. The van der Waals surface area contributed by atoms with E-state index in [-0.39, 0.29) is 33.9 Å². The van der Waals surface area contributed by atoms with Crippen molar-refractivity contribution in [3.8, 4) is 0 Å². The molecule has 3 heterocycles. The van der Waals surface area contributed by atoms with Crippen LogP contribution >= 0.6 is 0 Å². The monoisotopic (exact) mass is 483 g/mol. The van der Waals surface area contributed by atoms with Gasteiger partial charge in [-0.05, 0) is 56.7 Å². The van der Waals surface area contributed by atoms with E-state index in [1.165, 1.54) is 11.0 Å². The van der Waals surface area contributed by atoms with E-state index in [1.807, 2.05) is 0 Å². The van der Waals surface area contributed by atoms with E-state index in [0.717, 1.165) is 51.6 Å². The number of sulfonamides is 1. The van der Waals surface area contributed by atoms with Gasteiger partial charge in [0.2, 0.25) is 10.0 Å². The molecule has 0 bridgehead atoms. The molecule has 1 aromatic rings. The molecule has 3 fully saturated rings. The van der Waals surface area contributed by atoms with Crippen LogP contribution in [0.25, 0.3) is 0 Å². The van der Waals surface area contributed by atoms with Crippen LogP contribution in [0.1, 0.15) is 55.3 Å². The smallest absolute Gasteiger partial charge is 0.253 e. The van der Waals surface area contributed by atoms with Gasteiger partial charge in [0, 0.05) is 44.8 Å². The van der Waals surface area contributed by atoms with Gasteiger partial charge in [0.25, 0.3) is 5.91 Å². The van der Waals surface area contributed by atoms with Gasteiger partial charge in [-0.25, -0.2) is 16.8 Å². The first kappa shape index (κ1) is 23.5. The van der Waals surface area contributed by atoms with E-state index in [1.54, 1.807) is 23.5 Å². The van der Waals surface area contributed by atoms with E-state index >= 15 is 0 Å². The van der Waals surface area contributed by atoms with Crippen LogP contribution in [0.2, 0.25) is 0 Å². The molecule has 0 N–H and O–H groups in total. The van der Waals surface area contributed by atoms with Crippen molar-refractivity contribution in [1.82, 2.24) is 9.21 Å². The van der Waals surface area contributed by atoms with Gasteiger partial charge in [0.1, 0.15) is 4.90 Å². The normalized spacial score (nSPS) is 24.4. The van der Waals surface area contributed by atoms with Crippen molar-refractivity contribution in [2.24, 2.45) is 0 Å². The molecular weight excluding hydrogens is 450 g/mol. The van der Waals surface area contributed by atoms with Gasteiger partial charge in [-0.2, -0.15) is 4.31 Å². The number of anilines is 1. The average Bonchev–Trinajstić information content (AvgIpc) is 3.18. The maximum absolute atomic E-state index is 13.6. The third-order valence-corrected chi connectivity index (χ3v) is 10.6. The van der Waals surface area contributed by atoms with Crippen LogP contribution in [0.15, 0.2) is 23.1 Å². The number of rotatable bonds is 5. The minimum Gasteiger partial charge on any atom is -0.370 e. The van der Waals surface area contributed by atoms with Gasteiger partial charge < -0.3 is 9.80 Å². The zero-order valence-electron chi connectivity index (χ0n) is 18.7. The lowest BCUT2D eigenvalue weighted by atomic mass is 10.1. The Bertz CT molecular complexity index is 1060. The number of hydrogen-bond acceptors (Lipinski definition) is 6. The van der Waals surface area contributed by atoms with Crippen molar-refractivity contribution in [2.45, 2.75) is 55.9 Å². The fourth-order valence-corrected chi connectivity index (χ4v) is 8.47. The summed E-state index contributed by atoms with van der Waals surface area (Å²) < 4.78 is 52.5. The zero-order valence-corrected chi connectivity index (χ0v) is 20.3. The fraction of sp³-hybridized carbons (Fsp3) is 0.682. The molecule has 0 spiro atoms. The molecule has 178 valence electrons. The minimum atomic E-state index is -3.74. The number of amides is 1. The lowest BCUT2D eigenvalue weighted by Crippen LogP contribution is -2.39. The van der Waals surface area contributed by atoms with E-state index < -0.39 is 19.9 Å². The van der Waals surface area contributed by atoms with Gasteiger partial charge in [0.15, 0.2) is 9.84 Å². The SMILES string of the molecule is CN(C(=O)c1ccc(N2CCCCC2)c(S(=O)(=O)N2CCCCC2)c1)C1CCS(=O)(=O)C1. The van der Waals surface area contributed by atoms with Crippen molar-refractivity contribution >= 4 is 31.5 Å². The highest BCUT2D eigenvalue weighted by atomic mass is 32.2. The summed E-state index contributed by atoms with van der Waals surface area (Å²) in [6, 6.07) is 4.57. The number of carbonyl (C=O) groups is 1. The number of nitrogens with zero attached hydrogens (tertiary/aromatic N) is 3. The van der Waals surface area contributed by atoms with Crippen LogP contribution in [-0.2, 0) is 19.9 Å². The van der Waals surface area contributed by atoms with E-state index in [2.05, 4.69) is 4.90 Å². The molecule has 0 aliphatic carbocycles. The zero-order chi connectivity index (χ0) is 22.9. The molecule has 1 atom stereocenters. The number of sulfone groups is 1. The van der Waals surface area contributed by atoms with Crippen LogP contribution in [0, 0.1) is 0 Å². The summed E-state index contributed by atoms with van der Waals surface area (Å²) in [5, 5.41) is 0. The maximum Gasteiger partial charge on any atom is 0.253 e. The molecule has 32 heavy (non-hydrogen) atoms. The summed E-state index contributed by atoms with van der Waals surface area (Å²) in [6.45, 7) is 2.60. The van der Waals surface area contributed by atoms with Crippen LogP contribution < -0.4 is 4.90 Å². The standard InChI is InChI=1S/C22H33N3O5S2/c1-23(19-10-15-31(27,28)17-19)22(26)18-8-9-20(24-11-4-2-5-12-24)21(16-18)32(29,30)25-13-6-3-7-14-25/h8-9,16,19H,2-7,10-15,17H2,1H3. The van der Waals surface area contributed by atoms with Crippen molar-refractivity contribution in [1.29, 1.82) is 0 Å². The Morgan fingerprint density at radius 3 is 2.22 bits per heavy atom. The molecule has 0 saturated carbocycles. The van der Waals surface area contributed by atoms with Crippen molar-refractivity contribution in [3.63, 3.8) is 0 Å². The molecule has 10 heteroatoms. The first-order chi connectivity index (χ1) is 15.2. The van der Waals surface area contributed by atoms with Crippen LogP contribution in [0.4, 0.5) is 5.69 Å². The Morgan fingerprint density at radius 1 is 1.00 bits per heavy atom. The largest absolute Gasteiger partial charge is 0.370 e. The second-order valence-electron chi connectivity index (χ2n) is 9.17. The Balaban J connectivity index is 1.69. The lowest BCUT2D eigenvalue weighted by Gasteiger charge is -2.33. The fourth-order valence-electron chi connectivity index (χ4n) is 4.94. The van der Waals surface area contributed by atoms with E-state index in [0.29, 0.717) is 25.2 Å². The number of hydrogen-bond donors (Lipinski definition) is 0. The Kier molecular flexibility index (Phi) is 6.84. The number of carbonyl (C=O) groups excluding carboxylic acids is 1. The molecule has 3 aliphatic heterocycles. The second kappa shape index (κ2) is 9.30. The van der Waals surface area contributed by atoms with E-state index in [4.69, 9.17) is 0 Å².